The monoisotopic (exact) mass is 296 g/mol. The van der Waals surface area contributed by atoms with Gasteiger partial charge in [0.05, 0.1) is 6.61 Å². The third-order valence-electron chi connectivity index (χ3n) is 3.83. The highest BCUT2D eigenvalue weighted by atomic mass is 16.5. The van der Waals surface area contributed by atoms with Gasteiger partial charge in [0, 0.05) is 12.3 Å². The van der Waals surface area contributed by atoms with E-state index in [0.29, 0.717) is 18.9 Å². The van der Waals surface area contributed by atoms with Crippen LogP contribution in [0.3, 0.4) is 0 Å². The van der Waals surface area contributed by atoms with Crippen LogP contribution >= 0.6 is 0 Å². The zero-order chi connectivity index (χ0) is 15.6. The molecule has 2 nitrogen and oxygen atoms in total. The van der Waals surface area contributed by atoms with Gasteiger partial charge in [-0.2, -0.15) is 0 Å². The molecule has 0 spiro atoms. The summed E-state index contributed by atoms with van der Waals surface area (Å²) < 4.78 is 4.98. The number of ether oxygens (including phenoxy) is 1. The molecule has 0 aromatic heterocycles. The molecule has 0 N–H and O–H groups in total. The van der Waals surface area contributed by atoms with Crippen LogP contribution in [0.2, 0.25) is 0 Å². The third-order valence-corrected chi connectivity index (χ3v) is 3.83. The van der Waals surface area contributed by atoms with E-state index < -0.39 is 0 Å². The summed E-state index contributed by atoms with van der Waals surface area (Å²) in [5.74, 6) is 0.308. The Morgan fingerprint density at radius 3 is 1.95 bits per heavy atom. The minimum atomic E-state index is -0.0847. The van der Waals surface area contributed by atoms with Crippen LogP contribution < -0.4 is 0 Å². The van der Waals surface area contributed by atoms with Gasteiger partial charge < -0.3 is 4.74 Å². The number of hydrogen-bond acceptors (Lipinski definition) is 2. The standard InChI is InChI=1S/C20H24O2/c1-2-22-20(21)16-10-9-15-19(17-11-5-3-6-12-17)18-13-7-4-8-14-18/h3-8,11-14,19H,2,9-10,15-16H2,1H3. The van der Waals surface area contributed by atoms with Gasteiger partial charge in [0.25, 0.3) is 0 Å². The van der Waals surface area contributed by atoms with E-state index in [1.165, 1.54) is 11.1 Å². The molecule has 0 aliphatic carbocycles. The molecule has 0 atom stereocenters. The van der Waals surface area contributed by atoms with E-state index in [1.807, 2.05) is 19.1 Å². The third kappa shape index (κ3) is 5.03. The Hall–Kier alpha value is -2.09. The molecule has 0 bridgehead atoms. The smallest absolute Gasteiger partial charge is 0.305 e. The first kappa shape index (κ1) is 16.3. The number of benzene rings is 2. The number of carbonyl (C=O) groups is 1. The summed E-state index contributed by atoms with van der Waals surface area (Å²) in [5.41, 5.74) is 2.68. The van der Waals surface area contributed by atoms with Crippen molar-refractivity contribution in [1.29, 1.82) is 0 Å². The molecule has 0 saturated carbocycles. The van der Waals surface area contributed by atoms with Gasteiger partial charge in [-0.3, -0.25) is 4.79 Å². The lowest BCUT2D eigenvalue weighted by Gasteiger charge is -2.18. The summed E-state index contributed by atoms with van der Waals surface area (Å²) >= 11 is 0. The molecule has 2 aromatic rings. The van der Waals surface area contributed by atoms with E-state index >= 15 is 0 Å². The van der Waals surface area contributed by atoms with Gasteiger partial charge in [-0.15, -0.1) is 0 Å². The van der Waals surface area contributed by atoms with Crippen LogP contribution in [-0.2, 0) is 9.53 Å². The first-order chi connectivity index (χ1) is 10.8. The quantitative estimate of drug-likeness (QED) is 0.509. The highest BCUT2D eigenvalue weighted by Gasteiger charge is 2.13. The van der Waals surface area contributed by atoms with E-state index in [2.05, 4.69) is 48.5 Å². The van der Waals surface area contributed by atoms with Crippen molar-refractivity contribution < 1.29 is 9.53 Å². The largest absolute Gasteiger partial charge is 0.466 e. The molecule has 2 heteroatoms. The van der Waals surface area contributed by atoms with Crippen LogP contribution in [0, 0.1) is 0 Å². The Labute approximate surface area is 133 Å². The van der Waals surface area contributed by atoms with Crippen LogP contribution in [0.25, 0.3) is 0 Å². The molecule has 0 amide bonds. The first-order valence-corrected chi connectivity index (χ1v) is 8.06. The molecule has 0 fully saturated rings. The van der Waals surface area contributed by atoms with Crippen molar-refractivity contribution >= 4 is 5.97 Å². The highest BCUT2D eigenvalue weighted by molar-refractivity contribution is 5.69. The zero-order valence-electron chi connectivity index (χ0n) is 13.2. The Kier molecular flexibility index (Phi) is 6.69. The Bertz CT molecular complexity index is 509. The maximum Gasteiger partial charge on any atom is 0.305 e. The maximum absolute atomic E-state index is 11.4. The Balaban J connectivity index is 1.96. The van der Waals surface area contributed by atoms with Crippen molar-refractivity contribution in [2.24, 2.45) is 0 Å². The van der Waals surface area contributed by atoms with Gasteiger partial charge in [0.15, 0.2) is 0 Å². The molecular formula is C20H24O2. The van der Waals surface area contributed by atoms with Crippen LogP contribution in [0.1, 0.15) is 49.7 Å². The van der Waals surface area contributed by atoms with Gasteiger partial charge in [-0.1, -0.05) is 67.1 Å². The second kappa shape index (κ2) is 9.04. The molecule has 2 rings (SSSR count). The fourth-order valence-corrected chi connectivity index (χ4v) is 2.75. The minimum Gasteiger partial charge on any atom is -0.466 e. The summed E-state index contributed by atoms with van der Waals surface area (Å²) in [6, 6.07) is 21.2. The van der Waals surface area contributed by atoms with Gasteiger partial charge in [-0.25, -0.2) is 0 Å². The van der Waals surface area contributed by atoms with Gasteiger partial charge >= 0.3 is 5.97 Å². The van der Waals surface area contributed by atoms with E-state index in [1.54, 1.807) is 0 Å². The van der Waals surface area contributed by atoms with Crippen LogP contribution in [0.15, 0.2) is 60.7 Å². The van der Waals surface area contributed by atoms with Crippen molar-refractivity contribution in [3.8, 4) is 0 Å². The number of rotatable bonds is 8. The molecule has 2 aromatic carbocycles. The van der Waals surface area contributed by atoms with Gasteiger partial charge in [0.2, 0.25) is 0 Å². The van der Waals surface area contributed by atoms with E-state index in [-0.39, 0.29) is 5.97 Å². The minimum absolute atomic E-state index is 0.0847. The normalized spacial score (nSPS) is 10.6. The predicted molar refractivity (Wildman–Crippen MR) is 89.8 cm³/mol. The Morgan fingerprint density at radius 2 is 1.45 bits per heavy atom. The fraction of sp³-hybridized carbons (Fsp3) is 0.350. The lowest BCUT2D eigenvalue weighted by Crippen LogP contribution is -2.05. The highest BCUT2D eigenvalue weighted by Crippen LogP contribution is 2.29. The van der Waals surface area contributed by atoms with Crippen LogP contribution in [0.5, 0.6) is 0 Å². The van der Waals surface area contributed by atoms with Crippen LogP contribution in [-0.4, -0.2) is 12.6 Å². The summed E-state index contributed by atoms with van der Waals surface area (Å²) in [6.45, 7) is 2.31. The molecule has 0 heterocycles. The average molecular weight is 296 g/mol. The molecular weight excluding hydrogens is 272 g/mol. The van der Waals surface area contributed by atoms with E-state index in [4.69, 9.17) is 4.74 Å². The summed E-state index contributed by atoms with van der Waals surface area (Å²) in [6.07, 6.45) is 3.47. The zero-order valence-corrected chi connectivity index (χ0v) is 13.2. The van der Waals surface area contributed by atoms with E-state index in [9.17, 15) is 4.79 Å². The van der Waals surface area contributed by atoms with Gasteiger partial charge in [-0.05, 0) is 30.9 Å². The first-order valence-electron chi connectivity index (χ1n) is 8.06. The summed E-state index contributed by atoms with van der Waals surface area (Å²) in [4.78, 5) is 11.4. The molecule has 0 aliphatic rings. The molecule has 0 radical (unpaired) electrons. The molecule has 0 aliphatic heterocycles. The number of carbonyl (C=O) groups excluding carboxylic acids is 1. The topological polar surface area (TPSA) is 26.3 Å². The van der Waals surface area contributed by atoms with Crippen molar-refractivity contribution in [2.75, 3.05) is 6.61 Å². The second-order valence-electron chi connectivity index (χ2n) is 5.42. The van der Waals surface area contributed by atoms with Crippen molar-refractivity contribution in [1.82, 2.24) is 0 Å². The van der Waals surface area contributed by atoms with Crippen molar-refractivity contribution in [2.45, 2.75) is 38.5 Å². The summed E-state index contributed by atoms with van der Waals surface area (Å²) in [5, 5.41) is 0. The number of hydrogen-bond donors (Lipinski definition) is 0. The summed E-state index contributed by atoms with van der Waals surface area (Å²) in [7, 11) is 0. The molecule has 22 heavy (non-hydrogen) atoms. The lowest BCUT2D eigenvalue weighted by atomic mass is 9.87. The van der Waals surface area contributed by atoms with Crippen molar-refractivity contribution in [3.63, 3.8) is 0 Å². The number of unbranched alkanes of at least 4 members (excludes halogenated alkanes) is 1. The Morgan fingerprint density at radius 1 is 0.909 bits per heavy atom. The fourth-order valence-electron chi connectivity index (χ4n) is 2.75. The molecule has 116 valence electrons. The molecule has 0 unspecified atom stereocenters. The molecule has 0 saturated heterocycles. The van der Waals surface area contributed by atoms with Crippen molar-refractivity contribution in [3.05, 3.63) is 71.8 Å². The van der Waals surface area contributed by atoms with Gasteiger partial charge in [0.1, 0.15) is 0 Å². The second-order valence-corrected chi connectivity index (χ2v) is 5.42. The predicted octanol–water partition coefficient (Wildman–Crippen LogP) is 4.94. The van der Waals surface area contributed by atoms with E-state index in [0.717, 1.165) is 19.3 Å². The lowest BCUT2D eigenvalue weighted by molar-refractivity contribution is -0.143. The SMILES string of the molecule is CCOC(=O)CCCCC(c1ccccc1)c1ccccc1. The maximum atomic E-state index is 11.4. The van der Waals surface area contributed by atoms with Crippen LogP contribution in [0.4, 0.5) is 0 Å². The number of esters is 1. The average Bonchev–Trinajstić information content (AvgIpc) is 2.57.